The number of carbonyl (C=O) groups is 2. The van der Waals surface area contributed by atoms with E-state index in [2.05, 4.69) is 54.5 Å². The van der Waals surface area contributed by atoms with Crippen molar-refractivity contribution in [3.8, 4) is 21.7 Å². The Morgan fingerprint density at radius 3 is 2.51 bits per heavy atom. The third-order valence-corrected chi connectivity index (χ3v) is 7.16. The lowest BCUT2D eigenvalue weighted by atomic mass is 10.0. The maximum atomic E-state index is 12.4. The van der Waals surface area contributed by atoms with E-state index in [0.717, 1.165) is 53.2 Å². The molecule has 0 saturated heterocycles. The molecule has 0 fully saturated rings. The zero-order valence-corrected chi connectivity index (χ0v) is 20.9. The summed E-state index contributed by atoms with van der Waals surface area (Å²) < 4.78 is 0. The van der Waals surface area contributed by atoms with Crippen molar-refractivity contribution in [2.24, 2.45) is 4.99 Å². The zero-order valence-electron chi connectivity index (χ0n) is 19.3. The molecule has 0 aliphatic carbocycles. The first-order chi connectivity index (χ1) is 17.1. The van der Waals surface area contributed by atoms with Crippen LogP contribution >= 0.6 is 22.7 Å². The van der Waals surface area contributed by atoms with Crippen molar-refractivity contribution in [3.05, 3.63) is 64.6 Å². The van der Waals surface area contributed by atoms with Gasteiger partial charge in [-0.1, -0.05) is 37.1 Å². The van der Waals surface area contributed by atoms with Gasteiger partial charge in [-0.3, -0.25) is 19.6 Å². The number of amides is 2. The summed E-state index contributed by atoms with van der Waals surface area (Å²) in [5, 5.41) is 2.65. The predicted octanol–water partition coefficient (Wildman–Crippen LogP) is 5.35. The van der Waals surface area contributed by atoms with E-state index < -0.39 is 0 Å². The second kappa shape index (κ2) is 12.3. The average Bonchev–Trinajstić information content (AvgIpc) is 3.68. The number of aliphatic imine (C=N–C) groups is 1. The van der Waals surface area contributed by atoms with Gasteiger partial charge in [0.1, 0.15) is 10.7 Å². The number of hydrogen-bond acceptors (Lipinski definition) is 7. The number of unbranched alkanes of at least 4 members (excludes halogenated alkanes) is 2. The molecule has 0 aliphatic heterocycles. The molecular formula is C25H26N6O2S2. The largest absolute Gasteiger partial charge is 0.359 e. The smallest absolute Gasteiger partial charge is 0.288 e. The van der Waals surface area contributed by atoms with Crippen molar-refractivity contribution in [2.45, 2.75) is 38.0 Å². The highest BCUT2D eigenvalue weighted by Crippen LogP contribution is 2.27. The van der Waals surface area contributed by atoms with Crippen LogP contribution < -0.4 is 5.32 Å². The molecule has 1 atom stereocenters. The van der Waals surface area contributed by atoms with Crippen LogP contribution in [0.5, 0.6) is 0 Å². The number of hydrogen-bond donors (Lipinski definition) is 2. The van der Waals surface area contributed by atoms with Gasteiger partial charge in [-0.2, -0.15) is 0 Å². The Bertz CT molecular complexity index is 1250. The molecule has 3 heterocycles. The van der Waals surface area contributed by atoms with Gasteiger partial charge in [-0.25, -0.2) is 9.98 Å². The molecule has 0 aliphatic rings. The summed E-state index contributed by atoms with van der Waals surface area (Å²) in [6.45, 7) is 0. The third-order valence-electron chi connectivity index (χ3n) is 5.57. The minimum absolute atomic E-state index is 0.0512. The number of thiazole rings is 2. The molecule has 4 rings (SSSR count). The maximum Gasteiger partial charge on any atom is 0.288 e. The van der Waals surface area contributed by atoms with E-state index in [9.17, 15) is 9.59 Å². The molecular weight excluding hydrogens is 480 g/mol. The zero-order chi connectivity index (χ0) is 24.5. The van der Waals surface area contributed by atoms with Crippen LogP contribution in [0.3, 0.4) is 0 Å². The third kappa shape index (κ3) is 6.77. The predicted molar refractivity (Wildman–Crippen MR) is 140 cm³/mol. The van der Waals surface area contributed by atoms with Crippen molar-refractivity contribution in [3.63, 3.8) is 0 Å². The SMILES string of the molecule is CNC(=O)CCCCCC(C=NC(=O)c1cncs1)c1ncc(-c2ccc(-c3cncs3)cc2)[nH]1. The Kier molecular flexibility index (Phi) is 8.63. The van der Waals surface area contributed by atoms with Gasteiger partial charge in [0.15, 0.2) is 0 Å². The van der Waals surface area contributed by atoms with Crippen molar-refractivity contribution in [1.29, 1.82) is 0 Å². The molecule has 2 N–H and O–H groups in total. The first-order valence-corrected chi connectivity index (χ1v) is 13.1. The summed E-state index contributed by atoms with van der Waals surface area (Å²) in [6, 6.07) is 8.26. The summed E-state index contributed by atoms with van der Waals surface area (Å²) in [7, 11) is 1.65. The van der Waals surface area contributed by atoms with E-state index in [0.29, 0.717) is 11.3 Å². The summed E-state index contributed by atoms with van der Waals surface area (Å²) >= 11 is 2.88. The molecule has 10 heteroatoms. The molecule has 0 saturated carbocycles. The summed E-state index contributed by atoms with van der Waals surface area (Å²) in [6.07, 6.45) is 10.8. The molecule has 2 amide bonds. The molecule has 0 bridgehead atoms. The number of nitrogens with zero attached hydrogens (tertiary/aromatic N) is 4. The number of benzene rings is 1. The second-order valence-corrected chi connectivity index (χ2v) is 9.73. The van der Waals surface area contributed by atoms with E-state index in [1.807, 2.05) is 17.9 Å². The fourth-order valence-corrected chi connectivity index (χ4v) is 4.76. The average molecular weight is 507 g/mol. The Morgan fingerprint density at radius 2 is 1.80 bits per heavy atom. The number of H-pyrrole nitrogens is 1. The van der Waals surface area contributed by atoms with Gasteiger partial charge < -0.3 is 10.3 Å². The number of aromatic nitrogens is 4. The molecule has 180 valence electrons. The van der Waals surface area contributed by atoms with E-state index in [4.69, 9.17) is 0 Å². The van der Waals surface area contributed by atoms with Crippen LogP contribution in [0.2, 0.25) is 0 Å². The molecule has 0 radical (unpaired) electrons. The van der Waals surface area contributed by atoms with Gasteiger partial charge in [0.05, 0.1) is 39.9 Å². The van der Waals surface area contributed by atoms with Crippen LogP contribution in [0.4, 0.5) is 0 Å². The fourth-order valence-electron chi connectivity index (χ4n) is 3.62. The van der Waals surface area contributed by atoms with Gasteiger partial charge in [0.25, 0.3) is 5.91 Å². The Labute approximate surface area is 211 Å². The Morgan fingerprint density at radius 1 is 1.03 bits per heavy atom. The quantitative estimate of drug-likeness (QED) is 0.210. The second-order valence-electron chi connectivity index (χ2n) is 7.95. The Hall–Kier alpha value is -3.50. The van der Waals surface area contributed by atoms with Crippen LogP contribution in [0.15, 0.2) is 58.9 Å². The molecule has 3 aromatic heterocycles. The molecule has 8 nitrogen and oxygen atoms in total. The highest BCUT2D eigenvalue weighted by molar-refractivity contribution is 7.13. The minimum Gasteiger partial charge on any atom is -0.359 e. The highest BCUT2D eigenvalue weighted by Gasteiger charge is 2.16. The maximum absolute atomic E-state index is 12.4. The van der Waals surface area contributed by atoms with E-state index >= 15 is 0 Å². The summed E-state index contributed by atoms with van der Waals surface area (Å²) in [5.74, 6) is 0.369. The number of carbonyl (C=O) groups excluding carboxylic acids is 2. The highest BCUT2D eigenvalue weighted by atomic mass is 32.1. The number of aromatic amines is 1. The number of nitrogens with one attached hydrogen (secondary N) is 2. The van der Waals surface area contributed by atoms with Crippen molar-refractivity contribution in [2.75, 3.05) is 7.05 Å². The Balaban J connectivity index is 1.46. The van der Waals surface area contributed by atoms with Crippen molar-refractivity contribution in [1.82, 2.24) is 25.3 Å². The normalized spacial score (nSPS) is 12.1. The minimum atomic E-state index is -0.303. The molecule has 4 aromatic rings. The van der Waals surface area contributed by atoms with E-state index in [1.54, 1.807) is 30.1 Å². The molecule has 35 heavy (non-hydrogen) atoms. The van der Waals surface area contributed by atoms with Crippen molar-refractivity contribution >= 4 is 40.7 Å². The van der Waals surface area contributed by atoms with Gasteiger partial charge in [-0.05, 0) is 24.0 Å². The van der Waals surface area contributed by atoms with E-state index in [1.165, 1.54) is 17.5 Å². The van der Waals surface area contributed by atoms with Crippen molar-refractivity contribution < 1.29 is 9.59 Å². The van der Waals surface area contributed by atoms with Crippen LogP contribution in [-0.2, 0) is 4.79 Å². The lowest BCUT2D eigenvalue weighted by molar-refractivity contribution is -0.120. The number of rotatable bonds is 11. The van der Waals surface area contributed by atoms with Crippen LogP contribution in [-0.4, -0.2) is 45.0 Å². The first kappa shape index (κ1) is 24.6. The van der Waals surface area contributed by atoms with Gasteiger partial charge in [0.2, 0.25) is 5.91 Å². The monoisotopic (exact) mass is 506 g/mol. The van der Waals surface area contributed by atoms with Gasteiger partial charge in [0, 0.05) is 25.9 Å². The van der Waals surface area contributed by atoms with Crippen LogP contribution in [0.1, 0.15) is 53.5 Å². The van der Waals surface area contributed by atoms with E-state index in [-0.39, 0.29) is 17.7 Å². The lowest BCUT2D eigenvalue weighted by Crippen LogP contribution is -2.16. The lowest BCUT2D eigenvalue weighted by Gasteiger charge is -2.09. The van der Waals surface area contributed by atoms with Gasteiger partial charge >= 0.3 is 0 Å². The standard InChI is InChI=1S/C25H26N6O2S2/c1-26-23(32)6-4-2-3-5-19(11-30-25(33)22-14-28-16-35-22)24-29-12-20(31-24)17-7-9-18(10-8-17)21-13-27-15-34-21/h7-16,19H,2-6H2,1H3,(H,26,32)(H,29,31). The molecule has 0 spiro atoms. The summed E-state index contributed by atoms with van der Waals surface area (Å²) in [4.78, 5) is 45.8. The topological polar surface area (TPSA) is 113 Å². The van der Waals surface area contributed by atoms with Crippen LogP contribution in [0.25, 0.3) is 21.7 Å². The number of imidazole rings is 1. The molecule has 1 aromatic carbocycles. The summed E-state index contributed by atoms with van der Waals surface area (Å²) in [5.41, 5.74) is 6.50. The molecule has 1 unspecified atom stereocenters. The van der Waals surface area contributed by atoms with Crippen LogP contribution in [0, 0.1) is 0 Å². The fraction of sp³-hybridized carbons (Fsp3) is 0.280. The first-order valence-electron chi connectivity index (χ1n) is 11.4. The van der Waals surface area contributed by atoms with Gasteiger partial charge in [-0.15, -0.1) is 22.7 Å².